The molecule has 2 unspecified atom stereocenters. The predicted octanol–water partition coefficient (Wildman–Crippen LogP) is 2.01. The maximum atomic E-state index is 3.68. The molecule has 0 amide bonds. The fraction of sp³-hybridized carbons (Fsp3) is 0.625. The number of fused-ring (bicyclic) bond motifs is 2. The second kappa shape index (κ2) is 4.36. The summed E-state index contributed by atoms with van der Waals surface area (Å²) in [6.45, 7) is 9.17. The Bertz CT molecular complexity index is 445. The molecule has 1 aliphatic carbocycles. The number of nitrogens with one attached hydrogen (secondary N) is 2. The Morgan fingerprint density at radius 2 is 1.67 bits per heavy atom. The van der Waals surface area contributed by atoms with Crippen LogP contribution in [0.3, 0.4) is 0 Å². The first-order valence-electron chi connectivity index (χ1n) is 7.14. The second-order valence-electron chi connectivity index (χ2n) is 6.72. The second-order valence-corrected chi connectivity index (χ2v) is 6.72. The van der Waals surface area contributed by atoms with E-state index in [2.05, 4.69) is 49.6 Å². The van der Waals surface area contributed by atoms with Crippen LogP contribution < -0.4 is 10.6 Å². The average molecular weight is 244 g/mol. The lowest BCUT2D eigenvalue weighted by Gasteiger charge is -2.40. The molecule has 0 saturated carbocycles. The highest BCUT2D eigenvalue weighted by molar-refractivity contribution is 5.42. The van der Waals surface area contributed by atoms with Gasteiger partial charge in [0.2, 0.25) is 0 Å². The third kappa shape index (κ3) is 2.08. The first-order valence-corrected chi connectivity index (χ1v) is 7.14. The molecule has 1 fully saturated rings. The predicted molar refractivity (Wildman–Crippen MR) is 76.1 cm³/mol. The summed E-state index contributed by atoms with van der Waals surface area (Å²) in [6, 6.07) is 8.11. The van der Waals surface area contributed by atoms with Gasteiger partial charge >= 0.3 is 0 Å². The maximum absolute atomic E-state index is 3.68. The van der Waals surface area contributed by atoms with E-state index in [1.165, 1.54) is 18.4 Å². The van der Waals surface area contributed by atoms with Gasteiger partial charge < -0.3 is 10.6 Å². The summed E-state index contributed by atoms with van der Waals surface area (Å²) in [5, 5.41) is 7.34. The van der Waals surface area contributed by atoms with E-state index in [1.807, 2.05) is 0 Å². The summed E-state index contributed by atoms with van der Waals surface area (Å²) in [5.74, 6) is 0. The molecule has 0 bridgehead atoms. The summed E-state index contributed by atoms with van der Waals surface area (Å²) in [4.78, 5) is 0. The minimum absolute atomic E-state index is 0.250. The number of hydrogen-bond donors (Lipinski definition) is 2. The molecular weight excluding hydrogens is 220 g/mol. The van der Waals surface area contributed by atoms with Crippen LogP contribution in [0, 0.1) is 0 Å². The van der Waals surface area contributed by atoms with Crippen LogP contribution in [0.4, 0.5) is 0 Å². The molecular formula is C16H24N2. The number of benzene rings is 1. The van der Waals surface area contributed by atoms with E-state index in [1.54, 1.807) is 11.1 Å². The van der Waals surface area contributed by atoms with Crippen molar-refractivity contribution in [2.75, 3.05) is 13.1 Å². The van der Waals surface area contributed by atoms with Gasteiger partial charge in [-0.2, -0.15) is 0 Å². The minimum Gasteiger partial charge on any atom is -0.311 e. The third-order valence-corrected chi connectivity index (χ3v) is 4.37. The molecule has 18 heavy (non-hydrogen) atoms. The van der Waals surface area contributed by atoms with Gasteiger partial charge in [-0.25, -0.2) is 0 Å². The van der Waals surface area contributed by atoms with Crippen LogP contribution >= 0.6 is 0 Å². The van der Waals surface area contributed by atoms with Gasteiger partial charge in [-0.05, 0) is 34.9 Å². The molecule has 0 aromatic heterocycles. The van der Waals surface area contributed by atoms with Crippen LogP contribution in [0.2, 0.25) is 0 Å². The van der Waals surface area contributed by atoms with E-state index < -0.39 is 0 Å². The van der Waals surface area contributed by atoms with Crippen molar-refractivity contribution in [2.24, 2.45) is 0 Å². The van der Waals surface area contributed by atoms with Gasteiger partial charge in [0.1, 0.15) is 0 Å². The van der Waals surface area contributed by atoms with Crippen molar-refractivity contribution in [2.45, 2.75) is 51.1 Å². The molecule has 0 radical (unpaired) electrons. The fourth-order valence-corrected chi connectivity index (χ4v) is 3.45. The molecule has 98 valence electrons. The highest BCUT2D eigenvalue weighted by atomic mass is 15.1. The third-order valence-electron chi connectivity index (χ3n) is 4.37. The summed E-state index contributed by atoms with van der Waals surface area (Å²) < 4.78 is 0. The molecule has 3 rings (SSSR count). The van der Waals surface area contributed by atoms with E-state index in [-0.39, 0.29) is 5.41 Å². The number of rotatable bonds is 0. The summed E-state index contributed by atoms with van der Waals surface area (Å²) >= 11 is 0. The van der Waals surface area contributed by atoms with Gasteiger partial charge in [-0.1, -0.05) is 39.0 Å². The van der Waals surface area contributed by atoms with E-state index in [0.29, 0.717) is 12.1 Å². The van der Waals surface area contributed by atoms with Crippen LogP contribution in [0.1, 0.15) is 37.5 Å². The van der Waals surface area contributed by atoms with Crippen LogP contribution in [0.15, 0.2) is 18.2 Å². The topological polar surface area (TPSA) is 24.1 Å². The SMILES string of the molecule is CC(C)(C)c1cccc2c1CC1NCCNC1C2. The monoisotopic (exact) mass is 244 g/mol. The van der Waals surface area contributed by atoms with E-state index in [4.69, 9.17) is 0 Å². The molecule has 1 aromatic rings. The van der Waals surface area contributed by atoms with Crippen molar-refractivity contribution in [3.63, 3.8) is 0 Å². The van der Waals surface area contributed by atoms with Crippen molar-refractivity contribution in [3.05, 3.63) is 34.9 Å². The molecule has 1 saturated heterocycles. The molecule has 2 N–H and O–H groups in total. The van der Waals surface area contributed by atoms with Crippen molar-refractivity contribution in [3.8, 4) is 0 Å². The Morgan fingerprint density at radius 1 is 1.00 bits per heavy atom. The largest absolute Gasteiger partial charge is 0.311 e. The molecule has 1 aromatic carbocycles. The van der Waals surface area contributed by atoms with Gasteiger partial charge in [-0.15, -0.1) is 0 Å². The van der Waals surface area contributed by atoms with E-state index in [9.17, 15) is 0 Å². The lowest BCUT2D eigenvalue weighted by atomic mass is 9.75. The molecule has 0 spiro atoms. The van der Waals surface area contributed by atoms with Gasteiger partial charge in [-0.3, -0.25) is 0 Å². The van der Waals surface area contributed by atoms with Crippen LogP contribution in [0.5, 0.6) is 0 Å². The lowest BCUT2D eigenvalue weighted by Crippen LogP contribution is -2.59. The van der Waals surface area contributed by atoms with Gasteiger partial charge in [0.25, 0.3) is 0 Å². The van der Waals surface area contributed by atoms with Crippen molar-refractivity contribution >= 4 is 0 Å². The summed E-state index contributed by atoms with van der Waals surface area (Å²) in [6.07, 6.45) is 2.36. The Labute approximate surface area is 110 Å². The minimum atomic E-state index is 0.250. The van der Waals surface area contributed by atoms with E-state index >= 15 is 0 Å². The Hall–Kier alpha value is -0.860. The van der Waals surface area contributed by atoms with Crippen molar-refractivity contribution in [1.29, 1.82) is 0 Å². The Kier molecular flexibility index (Phi) is 2.95. The zero-order chi connectivity index (χ0) is 12.8. The summed E-state index contributed by atoms with van der Waals surface area (Å²) in [7, 11) is 0. The Morgan fingerprint density at radius 3 is 2.33 bits per heavy atom. The maximum Gasteiger partial charge on any atom is 0.0265 e. The molecule has 2 nitrogen and oxygen atoms in total. The highest BCUT2D eigenvalue weighted by Gasteiger charge is 2.32. The first kappa shape index (κ1) is 12.2. The summed E-state index contributed by atoms with van der Waals surface area (Å²) in [5.41, 5.74) is 4.94. The lowest BCUT2D eigenvalue weighted by molar-refractivity contribution is 0.302. The zero-order valence-corrected chi connectivity index (χ0v) is 11.7. The normalized spacial score (nSPS) is 27.5. The zero-order valence-electron chi connectivity index (χ0n) is 11.7. The average Bonchev–Trinajstić information content (AvgIpc) is 2.34. The van der Waals surface area contributed by atoms with E-state index in [0.717, 1.165) is 13.1 Å². The first-order chi connectivity index (χ1) is 8.55. The highest BCUT2D eigenvalue weighted by Crippen LogP contribution is 2.32. The van der Waals surface area contributed by atoms with Crippen LogP contribution in [0.25, 0.3) is 0 Å². The molecule has 1 aliphatic heterocycles. The van der Waals surface area contributed by atoms with Gasteiger partial charge in [0.05, 0.1) is 0 Å². The standard InChI is InChI=1S/C16H24N2/c1-16(2,3)13-6-4-5-11-9-14-15(10-12(11)13)18-8-7-17-14/h4-6,14-15,17-18H,7-10H2,1-3H3. The fourth-order valence-electron chi connectivity index (χ4n) is 3.45. The van der Waals surface area contributed by atoms with Gasteiger partial charge in [0.15, 0.2) is 0 Å². The van der Waals surface area contributed by atoms with Crippen molar-refractivity contribution in [1.82, 2.24) is 10.6 Å². The van der Waals surface area contributed by atoms with Crippen LogP contribution in [-0.2, 0) is 18.3 Å². The van der Waals surface area contributed by atoms with Gasteiger partial charge in [0, 0.05) is 25.2 Å². The number of piperazine rings is 1. The molecule has 2 heteroatoms. The quantitative estimate of drug-likeness (QED) is 0.729. The Balaban J connectivity index is 2.00. The smallest absolute Gasteiger partial charge is 0.0265 e. The van der Waals surface area contributed by atoms with Crippen molar-refractivity contribution < 1.29 is 0 Å². The molecule has 1 heterocycles. The molecule has 2 atom stereocenters. The number of hydrogen-bond acceptors (Lipinski definition) is 2. The van der Waals surface area contributed by atoms with Crippen LogP contribution in [-0.4, -0.2) is 25.2 Å². The molecule has 2 aliphatic rings.